The highest BCUT2D eigenvalue weighted by Gasteiger charge is 2.32. The van der Waals surface area contributed by atoms with Gasteiger partial charge in [-0.25, -0.2) is 4.79 Å². The first-order chi connectivity index (χ1) is 8.47. The van der Waals surface area contributed by atoms with Crippen molar-refractivity contribution >= 4 is 6.09 Å². The molecule has 1 N–H and O–H groups in total. The second-order valence-electron chi connectivity index (χ2n) is 5.41. The van der Waals surface area contributed by atoms with Crippen LogP contribution in [0.5, 0.6) is 0 Å². The van der Waals surface area contributed by atoms with E-state index in [2.05, 4.69) is 5.32 Å². The SMILES string of the molecule is CC(C)(C)OC(=O)N1CCNC[C@H]1c1ccco1. The summed E-state index contributed by atoms with van der Waals surface area (Å²) in [6.07, 6.45) is 1.34. The van der Waals surface area contributed by atoms with E-state index in [4.69, 9.17) is 9.15 Å². The second kappa shape index (κ2) is 5.02. The Kier molecular flexibility index (Phi) is 3.61. The Balaban J connectivity index is 2.11. The number of amides is 1. The van der Waals surface area contributed by atoms with Gasteiger partial charge >= 0.3 is 6.09 Å². The summed E-state index contributed by atoms with van der Waals surface area (Å²) in [5.41, 5.74) is -0.477. The minimum Gasteiger partial charge on any atom is -0.467 e. The number of hydrogen-bond donors (Lipinski definition) is 1. The van der Waals surface area contributed by atoms with Crippen molar-refractivity contribution in [3.63, 3.8) is 0 Å². The molecular formula is C13H20N2O3. The zero-order valence-electron chi connectivity index (χ0n) is 11.1. The molecule has 1 aromatic rings. The van der Waals surface area contributed by atoms with Crippen molar-refractivity contribution in [1.29, 1.82) is 0 Å². The molecule has 100 valence electrons. The van der Waals surface area contributed by atoms with E-state index in [1.807, 2.05) is 32.9 Å². The van der Waals surface area contributed by atoms with Gasteiger partial charge in [0.2, 0.25) is 0 Å². The number of nitrogens with one attached hydrogen (secondary N) is 1. The van der Waals surface area contributed by atoms with E-state index in [0.29, 0.717) is 13.1 Å². The van der Waals surface area contributed by atoms with Gasteiger partial charge in [0.15, 0.2) is 0 Å². The molecule has 0 aromatic carbocycles. The molecular weight excluding hydrogens is 232 g/mol. The van der Waals surface area contributed by atoms with E-state index in [1.54, 1.807) is 11.2 Å². The molecule has 5 heteroatoms. The van der Waals surface area contributed by atoms with Crippen molar-refractivity contribution < 1.29 is 13.9 Å². The van der Waals surface area contributed by atoms with Crippen LogP contribution >= 0.6 is 0 Å². The lowest BCUT2D eigenvalue weighted by molar-refractivity contribution is 0.00932. The van der Waals surface area contributed by atoms with Crippen molar-refractivity contribution in [2.45, 2.75) is 32.4 Å². The average molecular weight is 252 g/mol. The third kappa shape index (κ3) is 3.04. The number of rotatable bonds is 1. The minimum absolute atomic E-state index is 0.0939. The molecule has 1 atom stereocenters. The molecule has 5 nitrogen and oxygen atoms in total. The molecule has 0 unspecified atom stereocenters. The van der Waals surface area contributed by atoms with Crippen LogP contribution in [0.15, 0.2) is 22.8 Å². The Labute approximate surface area is 107 Å². The molecule has 1 fully saturated rings. The van der Waals surface area contributed by atoms with Crippen LogP contribution < -0.4 is 5.32 Å². The fourth-order valence-electron chi connectivity index (χ4n) is 1.98. The standard InChI is InChI=1S/C13H20N2O3/c1-13(2,3)18-12(16)15-7-6-14-9-10(15)11-5-4-8-17-11/h4-5,8,10,14H,6-7,9H2,1-3H3/t10-/m0/s1. The minimum atomic E-state index is -0.477. The fraction of sp³-hybridized carbons (Fsp3) is 0.615. The van der Waals surface area contributed by atoms with Crippen LogP contribution in [0.3, 0.4) is 0 Å². The molecule has 0 spiro atoms. The number of carbonyl (C=O) groups excluding carboxylic acids is 1. The molecule has 1 saturated heterocycles. The Morgan fingerprint density at radius 3 is 2.94 bits per heavy atom. The van der Waals surface area contributed by atoms with Crippen molar-refractivity contribution in [2.75, 3.05) is 19.6 Å². The van der Waals surface area contributed by atoms with E-state index in [9.17, 15) is 4.79 Å². The monoisotopic (exact) mass is 252 g/mol. The number of carbonyl (C=O) groups is 1. The van der Waals surface area contributed by atoms with Gasteiger partial charge in [-0.1, -0.05) is 0 Å². The topological polar surface area (TPSA) is 54.7 Å². The van der Waals surface area contributed by atoms with E-state index in [1.165, 1.54) is 0 Å². The molecule has 0 bridgehead atoms. The zero-order valence-corrected chi connectivity index (χ0v) is 11.1. The summed E-state index contributed by atoms with van der Waals surface area (Å²) in [6.45, 7) is 7.70. The van der Waals surface area contributed by atoms with Gasteiger partial charge in [0.1, 0.15) is 17.4 Å². The molecule has 0 radical (unpaired) electrons. The van der Waals surface area contributed by atoms with Gasteiger partial charge < -0.3 is 14.5 Å². The predicted molar refractivity (Wildman–Crippen MR) is 67.3 cm³/mol. The number of hydrogen-bond acceptors (Lipinski definition) is 4. The first-order valence-corrected chi connectivity index (χ1v) is 6.21. The maximum absolute atomic E-state index is 12.2. The number of piperazine rings is 1. The molecule has 1 aromatic heterocycles. The van der Waals surface area contributed by atoms with Crippen LogP contribution in [0.2, 0.25) is 0 Å². The third-order valence-corrected chi connectivity index (χ3v) is 2.74. The number of nitrogens with zero attached hydrogens (tertiary/aromatic N) is 1. The number of furan rings is 1. The lowest BCUT2D eigenvalue weighted by Gasteiger charge is -2.36. The summed E-state index contributed by atoms with van der Waals surface area (Å²) in [6, 6.07) is 3.62. The van der Waals surface area contributed by atoms with Gasteiger partial charge in [0.05, 0.1) is 6.26 Å². The van der Waals surface area contributed by atoms with Gasteiger partial charge in [0, 0.05) is 19.6 Å². The highest BCUT2D eigenvalue weighted by atomic mass is 16.6. The fourth-order valence-corrected chi connectivity index (χ4v) is 1.98. The second-order valence-corrected chi connectivity index (χ2v) is 5.41. The quantitative estimate of drug-likeness (QED) is 0.832. The smallest absolute Gasteiger partial charge is 0.411 e. The normalized spacial score (nSPS) is 20.8. The maximum Gasteiger partial charge on any atom is 0.411 e. The van der Waals surface area contributed by atoms with E-state index >= 15 is 0 Å². The zero-order chi connectivity index (χ0) is 13.2. The molecule has 0 aliphatic carbocycles. The van der Waals surface area contributed by atoms with Crippen LogP contribution in [-0.4, -0.2) is 36.2 Å². The van der Waals surface area contributed by atoms with Gasteiger partial charge in [-0.05, 0) is 32.9 Å². The summed E-state index contributed by atoms with van der Waals surface area (Å²) < 4.78 is 10.8. The number of ether oxygens (including phenoxy) is 1. The van der Waals surface area contributed by atoms with Crippen molar-refractivity contribution in [3.05, 3.63) is 24.2 Å². The summed E-state index contributed by atoms with van der Waals surface area (Å²) in [7, 11) is 0. The van der Waals surface area contributed by atoms with Gasteiger partial charge in [0.25, 0.3) is 0 Å². The lowest BCUT2D eigenvalue weighted by Crippen LogP contribution is -2.50. The molecule has 18 heavy (non-hydrogen) atoms. The summed E-state index contributed by atoms with van der Waals surface area (Å²) in [5, 5.41) is 3.26. The Morgan fingerprint density at radius 2 is 2.33 bits per heavy atom. The summed E-state index contributed by atoms with van der Waals surface area (Å²) in [4.78, 5) is 13.9. The largest absolute Gasteiger partial charge is 0.467 e. The van der Waals surface area contributed by atoms with E-state index in [-0.39, 0.29) is 12.1 Å². The van der Waals surface area contributed by atoms with Crippen LogP contribution in [0.4, 0.5) is 4.79 Å². The third-order valence-electron chi connectivity index (χ3n) is 2.74. The Morgan fingerprint density at radius 1 is 1.56 bits per heavy atom. The van der Waals surface area contributed by atoms with Gasteiger partial charge in [-0.2, -0.15) is 0 Å². The van der Waals surface area contributed by atoms with Gasteiger partial charge in [-0.15, -0.1) is 0 Å². The first-order valence-electron chi connectivity index (χ1n) is 6.21. The Bertz CT molecular complexity index is 395. The van der Waals surface area contributed by atoms with Crippen LogP contribution in [0.25, 0.3) is 0 Å². The average Bonchev–Trinajstić information content (AvgIpc) is 2.80. The van der Waals surface area contributed by atoms with Crippen LogP contribution in [0, 0.1) is 0 Å². The maximum atomic E-state index is 12.2. The molecule has 1 aliphatic rings. The Hall–Kier alpha value is -1.49. The molecule has 2 heterocycles. The molecule has 0 saturated carbocycles. The molecule has 1 amide bonds. The summed E-state index contributed by atoms with van der Waals surface area (Å²) >= 11 is 0. The van der Waals surface area contributed by atoms with Crippen molar-refractivity contribution in [2.24, 2.45) is 0 Å². The molecule has 2 rings (SSSR count). The van der Waals surface area contributed by atoms with Crippen molar-refractivity contribution in [3.8, 4) is 0 Å². The lowest BCUT2D eigenvalue weighted by atomic mass is 10.1. The first kappa shape index (κ1) is 13.0. The van der Waals surface area contributed by atoms with Crippen LogP contribution in [0.1, 0.15) is 32.6 Å². The van der Waals surface area contributed by atoms with Crippen LogP contribution in [-0.2, 0) is 4.74 Å². The predicted octanol–water partition coefficient (Wildman–Crippen LogP) is 2.16. The van der Waals surface area contributed by atoms with Gasteiger partial charge in [-0.3, -0.25) is 4.90 Å². The highest BCUT2D eigenvalue weighted by Crippen LogP contribution is 2.24. The molecule has 1 aliphatic heterocycles. The highest BCUT2D eigenvalue weighted by molar-refractivity contribution is 5.69. The van der Waals surface area contributed by atoms with Crippen molar-refractivity contribution in [1.82, 2.24) is 10.2 Å². The van der Waals surface area contributed by atoms with E-state index in [0.717, 1.165) is 12.3 Å². The summed E-state index contributed by atoms with van der Waals surface area (Å²) in [5.74, 6) is 0.785. The van der Waals surface area contributed by atoms with E-state index < -0.39 is 5.60 Å².